The van der Waals surface area contributed by atoms with Gasteiger partial charge in [0, 0.05) is 52.1 Å². The molecule has 0 spiro atoms. The van der Waals surface area contributed by atoms with Crippen molar-refractivity contribution in [2.75, 3.05) is 19.6 Å². The van der Waals surface area contributed by atoms with E-state index in [2.05, 4.69) is 17.6 Å². The fraction of sp³-hybridized carbons (Fsp3) is 0.857. The van der Waals surface area contributed by atoms with Crippen LogP contribution in [0.15, 0.2) is 0 Å². The smallest absolute Gasteiger partial charge is 0.300 e. The topological polar surface area (TPSA) is 61.4 Å². The molecule has 0 aromatic heterocycles. The quantitative estimate of drug-likeness (QED) is 0.494. The van der Waals surface area contributed by atoms with Gasteiger partial charge < -0.3 is 15.7 Å². The average Bonchev–Trinajstić information content (AvgIpc) is 1.87. The number of aliphatic carboxylic acids is 1. The Morgan fingerprint density at radius 1 is 1.50 bits per heavy atom. The van der Waals surface area contributed by atoms with Gasteiger partial charge in [0.2, 0.25) is 0 Å². The summed E-state index contributed by atoms with van der Waals surface area (Å²) in [5.74, 6) is -0.833. The van der Waals surface area contributed by atoms with E-state index in [0.29, 0.717) is 6.04 Å². The normalized spacial score (nSPS) is 21.3. The molecule has 12 heavy (non-hydrogen) atoms. The van der Waals surface area contributed by atoms with E-state index in [0.717, 1.165) is 26.6 Å². The Kier molecular flexibility index (Phi) is 11.0. The number of rotatable bonds is 0. The molecule has 0 radical (unpaired) electrons. The van der Waals surface area contributed by atoms with Crippen molar-refractivity contribution in [2.45, 2.75) is 19.9 Å². The van der Waals surface area contributed by atoms with Crippen molar-refractivity contribution in [2.24, 2.45) is 0 Å². The monoisotopic (exact) mass is 224 g/mol. The average molecular weight is 226 g/mol. The van der Waals surface area contributed by atoms with E-state index in [1.807, 2.05) is 0 Å². The molecule has 0 bridgehead atoms. The van der Waals surface area contributed by atoms with Gasteiger partial charge in [-0.25, -0.2) is 0 Å². The molecule has 5 heteroatoms. The summed E-state index contributed by atoms with van der Waals surface area (Å²) in [5, 5.41) is 14.0. The molecule has 68 valence electrons. The minimum Gasteiger partial charge on any atom is -0.481 e. The van der Waals surface area contributed by atoms with E-state index < -0.39 is 5.97 Å². The van der Waals surface area contributed by atoms with Crippen LogP contribution in [0.4, 0.5) is 0 Å². The maximum Gasteiger partial charge on any atom is 0.300 e. The van der Waals surface area contributed by atoms with Gasteiger partial charge in [-0.2, -0.15) is 0 Å². The zero-order valence-electron chi connectivity index (χ0n) is 7.76. The molecule has 3 N–H and O–H groups in total. The number of nitrogens with one attached hydrogen (secondary N) is 2. The van der Waals surface area contributed by atoms with Gasteiger partial charge in [-0.15, -0.1) is 0 Å². The van der Waals surface area contributed by atoms with Crippen LogP contribution in [0.25, 0.3) is 0 Å². The van der Waals surface area contributed by atoms with Gasteiger partial charge in [0.1, 0.15) is 0 Å². The SMILES string of the molecule is CC(=O)O.CC1CNCCN1.[Zn]. The summed E-state index contributed by atoms with van der Waals surface area (Å²) < 4.78 is 0. The van der Waals surface area contributed by atoms with Crippen LogP contribution < -0.4 is 10.6 Å². The molecule has 0 aromatic carbocycles. The predicted molar refractivity (Wildman–Crippen MR) is 43.6 cm³/mol. The Balaban J connectivity index is 0. The first-order valence-corrected chi connectivity index (χ1v) is 3.76. The van der Waals surface area contributed by atoms with E-state index in [-0.39, 0.29) is 19.5 Å². The standard InChI is InChI=1S/C5H12N2.C2H4O2.Zn/c1-5-4-6-2-3-7-5;1-2(3)4;/h5-7H,2-4H2,1H3;1H3,(H,3,4);. The van der Waals surface area contributed by atoms with E-state index in [1.165, 1.54) is 0 Å². The molecule has 1 fully saturated rings. The van der Waals surface area contributed by atoms with Gasteiger partial charge in [0.15, 0.2) is 0 Å². The Hall–Kier alpha value is 0.0134. The second kappa shape index (κ2) is 9.10. The first kappa shape index (κ1) is 14.5. The number of carboxylic acids is 1. The molecule has 1 unspecified atom stereocenters. The summed E-state index contributed by atoms with van der Waals surface area (Å²) in [6.07, 6.45) is 0. The van der Waals surface area contributed by atoms with E-state index in [9.17, 15) is 0 Å². The van der Waals surface area contributed by atoms with Gasteiger partial charge in [0.25, 0.3) is 5.97 Å². The van der Waals surface area contributed by atoms with E-state index in [1.54, 1.807) is 0 Å². The number of hydrogen-bond acceptors (Lipinski definition) is 3. The van der Waals surface area contributed by atoms with Crippen LogP contribution in [0.2, 0.25) is 0 Å². The van der Waals surface area contributed by atoms with Crippen molar-refractivity contribution in [1.82, 2.24) is 10.6 Å². The molecular weight excluding hydrogens is 209 g/mol. The molecule has 1 atom stereocenters. The van der Waals surface area contributed by atoms with Crippen LogP contribution in [-0.2, 0) is 24.3 Å². The van der Waals surface area contributed by atoms with Crippen LogP contribution in [0.3, 0.4) is 0 Å². The second-order valence-corrected chi connectivity index (χ2v) is 2.58. The number of carbonyl (C=O) groups is 1. The van der Waals surface area contributed by atoms with Crippen molar-refractivity contribution >= 4 is 5.97 Å². The van der Waals surface area contributed by atoms with Gasteiger partial charge in [0.05, 0.1) is 0 Å². The third-order valence-corrected chi connectivity index (χ3v) is 1.25. The van der Waals surface area contributed by atoms with Gasteiger partial charge in [-0.05, 0) is 6.92 Å². The minimum absolute atomic E-state index is 0. The Morgan fingerprint density at radius 3 is 2.17 bits per heavy atom. The summed E-state index contributed by atoms with van der Waals surface area (Å²) in [6, 6.07) is 0.675. The fourth-order valence-corrected chi connectivity index (χ4v) is 0.798. The van der Waals surface area contributed by atoms with Crippen LogP contribution in [0.5, 0.6) is 0 Å². The molecule has 0 aliphatic carbocycles. The molecule has 4 nitrogen and oxygen atoms in total. The molecule has 0 saturated carbocycles. The first-order chi connectivity index (χ1) is 5.13. The van der Waals surface area contributed by atoms with Gasteiger partial charge in [-0.1, -0.05) is 0 Å². The Morgan fingerprint density at radius 2 is 2.00 bits per heavy atom. The van der Waals surface area contributed by atoms with E-state index in [4.69, 9.17) is 9.90 Å². The van der Waals surface area contributed by atoms with Crippen LogP contribution in [0.1, 0.15) is 13.8 Å². The van der Waals surface area contributed by atoms with Crippen molar-refractivity contribution in [3.63, 3.8) is 0 Å². The molecule has 1 aliphatic heterocycles. The summed E-state index contributed by atoms with van der Waals surface area (Å²) in [5.41, 5.74) is 0. The van der Waals surface area contributed by atoms with Crippen molar-refractivity contribution < 1.29 is 29.4 Å². The Bertz CT molecular complexity index is 112. The van der Waals surface area contributed by atoms with Gasteiger partial charge >= 0.3 is 0 Å². The zero-order valence-corrected chi connectivity index (χ0v) is 10.7. The van der Waals surface area contributed by atoms with Gasteiger partial charge in [-0.3, -0.25) is 4.79 Å². The summed E-state index contributed by atoms with van der Waals surface area (Å²) in [4.78, 5) is 9.00. The Labute approximate surface area is 85.9 Å². The second-order valence-electron chi connectivity index (χ2n) is 2.58. The molecule has 1 saturated heterocycles. The maximum atomic E-state index is 9.00. The molecule has 0 amide bonds. The number of piperazine rings is 1. The van der Waals surface area contributed by atoms with Crippen LogP contribution in [0, 0.1) is 0 Å². The van der Waals surface area contributed by atoms with Crippen LogP contribution in [-0.4, -0.2) is 36.8 Å². The largest absolute Gasteiger partial charge is 0.481 e. The van der Waals surface area contributed by atoms with Crippen molar-refractivity contribution in [3.8, 4) is 0 Å². The van der Waals surface area contributed by atoms with Crippen molar-refractivity contribution in [3.05, 3.63) is 0 Å². The third-order valence-electron chi connectivity index (χ3n) is 1.25. The molecule has 0 aromatic rings. The first-order valence-electron chi connectivity index (χ1n) is 3.76. The van der Waals surface area contributed by atoms with Crippen molar-refractivity contribution in [1.29, 1.82) is 0 Å². The summed E-state index contributed by atoms with van der Waals surface area (Å²) in [7, 11) is 0. The molecule has 1 rings (SSSR count). The maximum absolute atomic E-state index is 9.00. The zero-order chi connectivity index (χ0) is 8.69. The molecular formula is C7H16N2O2Zn. The summed E-state index contributed by atoms with van der Waals surface area (Å²) >= 11 is 0. The third kappa shape index (κ3) is 12.7. The van der Waals surface area contributed by atoms with E-state index >= 15 is 0 Å². The predicted octanol–water partition coefficient (Wildman–Crippen LogP) is -0.344. The number of carboxylic acid groups (broad SMARTS) is 1. The fourth-order valence-electron chi connectivity index (χ4n) is 0.798. The summed E-state index contributed by atoms with van der Waals surface area (Å²) in [6.45, 7) is 6.65. The molecule has 1 aliphatic rings. The minimum atomic E-state index is -0.833. The molecule has 1 heterocycles. The van der Waals surface area contributed by atoms with Crippen LogP contribution >= 0.6 is 0 Å². The number of hydrogen-bond donors (Lipinski definition) is 3.